The van der Waals surface area contributed by atoms with Gasteiger partial charge in [-0.05, 0) is 65.0 Å². The van der Waals surface area contributed by atoms with Gasteiger partial charge in [-0.3, -0.25) is 19.0 Å². The Bertz CT molecular complexity index is 1660. The van der Waals surface area contributed by atoms with Gasteiger partial charge >= 0.3 is 0 Å². The Morgan fingerprint density at radius 2 is 1.97 bits per heavy atom. The summed E-state index contributed by atoms with van der Waals surface area (Å²) >= 11 is 1.03. The maximum Gasteiger partial charge on any atom is 0.270 e. The molecule has 3 aromatic rings. The number of carbonyl (C=O) groups is 2. The number of benzene rings is 1. The first-order valence-electron chi connectivity index (χ1n) is 12.4. The molecule has 11 heteroatoms. The predicted molar refractivity (Wildman–Crippen MR) is 147 cm³/mol. The molecule has 1 fully saturated rings. The summed E-state index contributed by atoms with van der Waals surface area (Å²) in [5.74, 6) is -0.709. The van der Waals surface area contributed by atoms with E-state index in [9.17, 15) is 19.6 Å². The Hall–Kier alpha value is -4.19. The number of aromatic nitrogens is 2. The number of fused-ring (bicyclic) bond motifs is 1. The summed E-state index contributed by atoms with van der Waals surface area (Å²) in [7, 11) is 2.12. The van der Waals surface area contributed by atoms with Crippen LogP contribution in [0.3, 0.4) is 0 Å². The van der Waals surface area contributed by atoms with E-state index in [4.69, 9.17) is 5.26 Å². The monoisotopic (exact) mass is 531 g/mol. The summed E-state index contributed by atoms with van der Waals surface area (Å²) in [4.78, 5) is 40.1. The molecule has 38 heavy (non-hydrogen) atoms. The second-order valence-electron chi connectivity index (χ2n) is 9.21. The number of hydrogen-bond donors (Lipinski definition) is 2. The van der Waals surface area contributed by atoms with Crippen molar-refractivity contribution in [2.45, 2.75) is 39.3 Å². The number of piperidine rings is 1. The SMILES string of the molecule is CCn1c(=O)/c(=C/Nc2ccc3c(c2)c(C(C)=O)cn3C2CCN(C)CC2)s/c1=C(\C#N)C(=O)NCC#N. The lowest BCUT2D eigenvalue weighted by Gasteiger charge is -2.30. The zero-order chi connectivity index (χ0) is 27.4. The highest BCUT2D eigenvalue weighted by Gasteiger charge is 2.22. The number of likely N-dealkylation sites (tertiary alicyclic amines) is 1. The Balaban J connectivity index is 1.73. The minimum Gasteiger partial charge on any atom is -0.360 e. The number of Topliss-reactive ketones (excluding diaryl/α,β-unsaturated/α-hetero) is 1. The quantitative estimate of drug-likeness (QED) is 0.348. The van der Waals surface area contributed by atoms with Crippen LogP contribution in [0.2, 0.25) is 0 Å². The Labute approximate surface area is 223 Å². The maximum atomic E-state index is 13.0. The minimum atomic E-state index is -0.701. The van der Waals surface area contributed by atoms with Crippen molar-refractivity contribution in [3.05, 3.63) is 49.5 Å². The van der Waals surface area contributed by atoms with E-state index >= 15 is 0 Å². The molecule has 196 valence electrons. The topological polar surface area (TPSA) is 136 Å². The molecule has 0 spiro atoms. The van der Waals surface area contributed by atoms with Crippen LogP contribution in [-0.4, -0.2) is 52.4 Å². The molecule has 1 aliphatic heterocycles. The lowest BCUT2D eigenvalue weighted by molar-refractivity contribution is -0.115. The molecule has 1 aliphatic rings. The van der Waals surface area contributed by atoms with Crippen molar-refractivity contribution >= 4 is 51.4 Å². The highest BCUT2D eigenvalue weighted by Crippen LogP contribution is 2.32. The van der Waals surface area contributed by atoms with Crippen molar-refractivity contribution in [3.8, 4) is 12.1 Å². The van der Waals surface area contributed by atoms with Crippen molar-refractivity contribution in [3.63, 3.8) is 0 Å². The van der Waals surface area contributed by atoms with Crippen molar-refractivity contribution in [1.82, 2.24) is 19.4 Å². The number of thiazole rings is 1. The zero-order valence-electron chi connectivity index (χ0n) is 21.6. The van der Waals surface area contributed by atoms with Gasteiger partial charge in [-0.15, -0.1) is 11.3 Å². The molecule has 0 radical (unpaired) electrons. The second-order valence-corrected chi connectivity index (χ2v) is 10.2. The third-order valence-electron chi connectivity index (χ3n) is 6.77. The van der Waals surface area contributed by atoms with Crippen LogP contribution in [0.1, 0.15) is 43.1 Å². The summed E-state index contributed by atoms with van der Waals surface area (Å²) < 4.78 is 4.13. The van der Waals surface area contributed by atoms with Gasteiger partial charge in [-0.1, -0.05) is 0 Å². The summed E-state index contributed by atoms with van der Waals surface area (Å²) in [5, 5.41) is 24.6. The molecule has 1 aromatic carbocycles. The summed E-state index contributed by atoms with van der Waals surface area (Å²) in [6, 6.07) is 9.79. The van der Waals surface area contributed by atoms with Crippen molar-refractivity contribution < 1.29 is 9.59 Å². The molecule has 1 saturated heterocycles. The number of nitrogens with zero attached hydrogens (tertiary/aromatic N) is 5. The normalized spacial score (nSPS) is 15.7. The molecule has 3 heterocycles. The van der Waals surface area contributed by atoms with E-state index in [-0.39, 0.29) is 34.7 Å². The number of amides is 1. The number of nitrogens with one attached hydrogen (secondary N) is 2. The van der Waals surface area contributed by atoms with Crippen LogP contribution >= 0.6 is 11.3 Å². The third kappa shape index (κ3) is 5.25. The average Bonchev–Trinajstić information content (AvgIpc) is 3.44. The van der Waals surface area contributed by atoms with Crippen LogP contribution in [0.4, 0.5) is 5.69 Å². The largest absolute Gasteiger partial charge is 0.360 e. The first-order valence-corrected chi connectivity index (χ1v) is 13.2. The van der Waals surface area contributed by atoms with Crippen LogP contribution in [-0.2, 0) is 11.3 Å². The second kappa shape index (κ2) is 11.5. The van der Waals surface area contributed by atoms with Crippen LogP contribution in [0.15, 0.2) is 29.2 Å². The first kappa shape index (κ1) is 26.9. The van der Waals surface area contributed by atoms with Crippen molar-refractivity contribution in [2.24, 2.45) is 0 Å². The van der Waals surface area contributed by atoms with E-state index in [1.807, 2.05) is 30.5 Å². The molecule has 1 amide bonds. The molecular weight excluding hydrogens is 502 g/mol. The Morgan fingerprint density at radius 1 is 1.24 bits per heavy atom. The molecule has 0 aliphatic carbocycles. The van der Waals surface area contributed by atoms with Gasteiger partial charge in [0.2, 0.25) is 0 Å². The van der Waals surface area contributed by atoms with E-state index < -0.39 is 5.91 Å². The number of ketones is 1. The summed E-state index contributed by atoms with van der Waals surface area (Å²) in [5.41, 5.74) is 1.81. The third-order valence-corrected chi connectivity index (χ3v) is 7.90. The van der Waals surface area contributed by atoms with Crippen LogP contribution in [0.25, 0.3) is 22.7 Å². The van der Waals surface area contributed by atoms with Gasteiger partial charge in [-0.25, -0.2) is 0 Å². The molecule has 0 bridgehead atoms. The molecule has 0 atom stereocenters. The van der Waals surface area contributed by atoms with E-state index in [2.05, 4.69) is 27.1 Å². The fourth-order valence-corrected chi connectivity index (χ4v) is 5.83. The van der Waals surface area contributed by atoms with Gasteiger partial charge in [0, 0.05) is 47.1 Å². The fourth-order valence-electron chi connectivity index (χ4n) is 4.75. The minimum absolute atomic E-state index is 0.00853. The van der Waals surface area contributed by atoms with Crippen molar-refractivity contribution in [2.75, 3.05) is 32.0 Å². The smallest absolute Gasteiger partial charge is 0.270 e. The number of rotatable bonds is 7. The molecule has 0 unspecified atom stereocenters. The van der Waals surface area contributed by atoms with Gasteiger partial charge in [0.25, 0.3) is 11.5 Å². The van der Waals surface area contributed by atoms with E-state index in [1.165, 1.54) is 4.57 Å². The van der Waals surface area contributed by atoms with Crippen molar-refractivity contribution in [1.29, 1.82) is 10.5 Å². The van der Waals surface area contributed by atoms with Gasteiger partial charge in [0.1, 0.15) is 21.8 Å². The Morgan fingerprint density at radius 3 is 2.61 bits per heavy atom. The molecule has 4 rings (SSSR count). The lowest BCUT2D eigenvalue weighted by Crippen LogP contribution is -2.34. The number of carbonyl (C=O) groups excluding carboxylic acids is 2. The number of anilines is 1. The van der Waals surface area contributed by atoms with Gasteiger partial charge in [-0.2, -0.15) is 10.5 Å². The van der Waals surface area contributed by atoms with Crippen LogP contribution in [0.5, 0.6) is 0 Å². The van der Waals surface area contributed by atoms with E-state index in [0.29, 0.717) is 21.8 Å². The zero-order valence-corrected chi connectivity index (χ0v) is 22.4. The summed E-state index contributed by atoms with van der Waals surface area (Å²) in [6.45, 7) is 5.37. The van der Waals surface area contributed by atoms with Gasteiger partial charge < -0.3 is 20.1 Å². The number of hydrogen-bond acceptors (Lipinski definition) is 8. The molecule has 0 saturated carbocycles. The fraction of sp³-hybridized carbons (Fsp3) is 0.370. The molecule has 2 aromatic heterocycles. The summed E-state index contributed by atoms with van der Waals surface area (Å²) in [6.07, 6.45) is 5.55. The van der Waals surface area contributed by atoms with Gasteiger partial charge in [0.15, 0.2) is 11.4 Å². The first-order chi connectivity index (χ1) is 18.3. The molecule has 10 nitrogen and oxygen atoms in total. The highest BCUT2D eigenvalue weighted by molar-refractivity contribution is 7.07. The van der Waals surface area contributed by atoms with Gasteiger partial charge in [0.05, 0.1) is 6.07 Å². The predicted octanol–water partition coefficient (Wildman–Crippen LogP) is 1.52. The Kier molecular flexibility index (Phi) is 8.10. The maximum absolute atomic E-state index is 13.0. The highest BCUT2D eigenvalue weighted by atomic mass is 32.1. The van der Waals surface area contributed by atoms with E-state index in [1.54, 1.807) is 26.1 Å². The van der Waals surface area contributed by atoms with Crippen LogP contribution < -0.4 is 25.4 Å². The average molecular weight is 532 g/mol. The number of nitriles is 2. The lowest BCUT2D eigenvalue weighted by atomic mass is 10.1. The molecule has 2 N–H and O–H groups in total. The molecular formula is C27H29N7O3S. The van der Waals surface area contributed by atoms with Crippen LogP contribution in [0, 0.1) is 22.7 Å². The van der Waals surface area contributed by atoms with E-state index in [0.717, 1.165) is 48.2 Å². The standard InChI is InChI=1S/C27H29N7O3S/c1-4-33-26(37)24(38-27(33)21(14-29)25(36)30-10-9-28)15-31-18-5-6-23-20(13-18)22(17(2)35)16-34(23)19-7-11-32(3)12-8-19/h5-6,13,15-16,19,31H,4,7-8,10-12H2,1-3H3,(H,30,36)/b24-15-,27-21+.